The van der Waals surface area contributed by atoms with Crippen LogP contribution in [0.15, 0.2) is 24.3 Å². The summed E-state index contributed by atoms with van der Waals surface area (Å²) in [5, 5.41) is 11.6. The molecule has 1 rings (SSSR count). The van der Waals surface area contributed by atoms with E-state index < -0.39 is 29.4 Å². The summed E-state index contributed by atoms with van der Waals surface area (Å²) in [6.07, 6.45) is -10.3. The molecule has 3 nitrogen and oxygen atoms in total. The van der Waals surface area contributed by atoms with E-state index in [2.05, 4.69) is 5.32 Å². The molecule has 0 atom stereocenters. The third kappa shape index (κ3) is 4.15. The Hall–Kier alpha value is -1.77. The van der Waals surface area contributed by atoms with Crippen LogP contribution in [0.2, 0.25) is 0 Å². The van der Waals surface area contributed by atoms with E-state index in [1.807, 2.05) is 6.92 Å². The van der Waals surface area contributed by atoms with Gasteiger partial charge in [0.05, 0.1) is 0 Å². The normalized spacial score (nSPS) is 13.0. The molecule has 2 N–H and O–H groups in total. The number of carbonyl (C=O) groups excluding carboxylic acids is 1. The first kappa shape index (κ1) is 19.3. The highest BCUT2D eigenvalue weighted by molar-refractivity contribution is 5.90. The highest BCUT2D eigenvalue weighted by Crippen LogP contribution is 2.50. The standard InChI is InChI=1S/C14H15F6NO2/c1-2-3-4-11(22)21-10-7-5-9(6-8-10)12(23,13(15,16)17)14(18,19)20/h5-8,23H,2-4H2,1H3,(H,21,22). The molecule has 0 radical (unpaired) electrons. The molecule has 0 fully saturated rings. The lowest BCUT2D eigenvalue weighted by Gasteiger charge is -2.32. The minimum atomic E-state index is -5.93. The van der Waals surface area contributed by atoms with Gasteiger partial charge in [-0.3, -0.25) is 4.79 Å². The lowest BCUT2D eigenvalue weighted by Crippen LogP contribution is -2.53. The van der Waals surface area contributed by atoms with Gasteiger partial charge in [0, 0.05) is 17.7 Å². The van der Waals surface area contributed by atoms with Crippen LogP contribution in [-0.2, 0) is 10.4 Å². The summed E-state index contributed by atoms with van der Waals surface area (Å²) in [6, 6.07) is 2.72. The number of carbonyl (C=O) groups is 1. The Balaban J connectivity index is 3.04. The van der Waals surface area contributed by atoms with Crippen LogP contribution in [0.25, 0.3) is 0 Å². The molecule has 0 unspecified atom stereocenters. The van der Waals surface area contributed by atoms with E-state index in [-0.39, 0.29) is 12.1 Å². The van der Waals surface area contributed by atoms with E-state index in [9.17, 15) is 36.2 Å². The molecular weight excluding hydrogens is 328 g/mol. The fraction of sp³-hybridized carbons (Fsp3) is 0.500. The summed E-state index contributed by atoms with van der Waals surface area (Å²) in [6.45, 7) is 1.86. The maximum Gasteiger partial charge on any atom is 0.430 e. The van der Waals surface area contributed by atoms with Gasteiger partial charge in [0.1, 0.15) is 0 Å². The molecule has 0 aromatic heterocycles. The van der Waals surface area contributed by atoms with Crippen molar-refractivity contribution in [2.24, 2.45) is 0 Å². The lowest BCUT2D eigenvalue weighted by atomic mass is 9.92. The maximum absolute atomic E-state index is 12.7. The molecule has 1 aromatic carbocycles. The summed E-state index contributed by atoms with van der Waals surface area (Å²) < 4.78 is 76.2. The summed E-state index contributed by atoms with van der Waals surface area (Å²) in [7, 11) is 0. The first-order valence-electron chi connectivity index (χ1n) is 6.69. The third-order valence-electron chi connectivity index (χ3n) is 3.16. The smallest absolute Gasteiger partial charge is 0.369 e. The summed E-state index contributed by atoms with van der Waals surface area (Å²) >= 11 is 0. The first-order valence-corrected chi connectivity index (χ1v) is 6.69. The first-order chi connectivity index (χ1) is 10.4. The molecule has 130 valence electrons. The number of hydrogen-bond donors (Lipinski definition) is 2. The van der Waals surface area contributed by atoms with E-state index >= 15 is 0 Å². The van der Waals surface area contributed by atoms with Gasteiger partial charge in [-0.15, -0.1) is 0 Å². The van der Waals surface area contributed by atoms with Crippen molar-refractivity contribution in [2.75, 3.05) is 5.32 Å². The molecule has 0 heterocycles. The molecule has 9 heteroatoms. The fourth-order valence-electron chi connectivity index (χ4n) is 1.84. The van der Waals surface area contributed by atoms with E-state index in [4.69, 9.17) is 0 Å². The van der Waals surface area contributed by atoms with Crippen molar-refractivity contribution in [3.63, 3.8) is 0 Å². The lowest BCUT2D eigenvalue weighted by molar-refractivity contribution is -0.376. The Labute approximate surface area is 128 Å². The second-order valence-electron chi connectivity index (χ2n) is 4.94. The molecule has 23 heavy (non-hydrogen) atoms. The highest BCUT2D eigenvalue weighted by atomic mass is 19.4. The summed E-state index contributed by atoms with van der Waals surface area (Å²) in [5.41, 5.74) is -6.30. The van der Waals surface area contributed by atoms with Crippen LogP contribution in [-0.4, -0.2) is 23.4 Å². The van der Waals surface area contributed by atoms with Crippen LogP contribution in [0, 0.1) is 0 Å². The molecule has 0 aliphatic heterocycles. The van der Waals surface area contributed by atoms with Gasteiger partial charge in [-0.05, 0) is 18.6 Å². The van der Waals surface area contributed by atoms with E-state index in [0.717, 1.165) is 18.6 Å². The number of halogens is 6. The summed E-state index contributed by atoms with van der Waals surface area (Å²) in [4.78, 5) is 11.5. The number of anilines is 1. The Morgan fingerprint density at radius 2 is 1.52 bits per heavy atom. The molecule has 0 bridgehead atoms. The van der Waals surface area contributed by atoms with Crippen LogP contribution in [0.3, 0.4) is 0 Å². The van der Waals surface area contributed by atoms with Gasteiger partial charge in [0.2, 0.25) is 5.91 Å². The van der Waals surface area contributed by atoms with Gasteiger partial charge in [-0.1, -0.05) is 25.5 Å². The van der Waals surface area contributed by atoms with Crippen LogP contribution < -0.4 is 5.32 Å². The Bertz CT molecular complexity index is 522. The van der Waals surface area contributed by atoms with Crippen LogP contribution in [0.4, 0.5) is 32.0 Å². The Kier molecular flexibility index (Phi) is 5.68. The minimum Gasteiger partial charge on any atom is -0.369 e. The minimum absolute atomic E-state index is 0.0431. The number of benzene rings is 1. The van der Waals surface area contributed by atoms with Crippen LogP contribution in [0.1, 0.15) is 31.7 Å². The number of unbranched alkanes of at least 4 members (excludes halogenated alkanes) is 1. The molecule has 1 amide bonds. The molecule has 0 saturated heterocycles. The van der Waals surface area contributed by atoms with Crippen LogP contribution >= 0.6 is 0 Å². The van der Waals surface area contributed by atoms with Gasteiger partial charge < -0.3 is 10.4 Å². The number of aliphatic hydroxyl groups is 1. The summed E-state index contributed by atoms with van der Waals surface area (Å²) in [5.74, 6) is -0.401. The van der Waals surface area contributed by atoms with E-state index in [0.29, 0.717) is 18.6 Å². The second kappa shape index (κ2) is 6.77. The predicted molar refractivity (Wildman–Crippen MR) is 70.6 cm³/mol. The fourth-order valence-corrected chi connectivity index (χ4v) is 1.84. The molecule has 1 aromatic rings. The van der Waals surface area contributed by atoms with Crippen molar-refractivity contribution in [1.82, 2.24) is 0 Å². The van der Waals surface area contributed by atoms with Crippen molar-refractivity contribution in [2.45, 2.75) is 44.1 Å². The van der Waals surface area contributed by atoms with Gasteiger partial charge >= 0.3 is 12.4 Å². The SMILES string of the molecule is CCCCC(=O)Nc1ccc(C(O)(C(F)(F)F)C(F)(F)F)cc1. The van der Waals surface area contributed by atoms with Gasteiger partial charge in [-0.2, -0.15) is 26.3 Å². The van der Waals surface area contributed by atoms with Crippen molar-refractivity contribution in [1.29, 1.82) is 0 Å². The second-order valence-corrected chi connectivity index (χ2v) is 4.94. The Morgan fingerprint density at radius 1 is 1.04 bits per heavy atom. The Morgan fingerprint density at radius 3 is 1.91 bits per heavy atom. The number of nitrogens with one attached hydrogen (secondary N) is 1. The average molecular weight is 343 g/mol. The number of rotatable bonds is 5. The topological polar surface area (TPSA) is 49.3 Å². The largest absolute Gasteiger partial charge is 0.430 e. The van der Waals surface area contributed by atoms with E-state index in [1.165, 1.54) is 0 Å². The number of hydrogen-bond acceptors (Lipinski definition) is 2. The van der Waals surface area contributed by atoms with Crippen molar-refractivity contribution in [3.05, 3.63) is 29.8 Å². The zero-order valence-electron chi connectivity index (χ0n) is 12.1. The highest BCUT2D eigenvalue weighted by Gasteiger charge is 2.71. The predicted octanol–water partition coefficient (Wildman–Crippen LogP) is 4.13. The van der Waals surface area contributed by atoms with E-state index in [1.54, 1.807) is 0 Å². The van der Waals surface area contributed by atoms with Crippen molar-refractivity contribution < 1.29 is 36.2 Å². The molecule has 0 saturated carbocycles. The molecule has 0 aliphatic rings. The number of alkyl halides is 6. The molecule has 0 spiro atoms. The quantitative estimate of drug-likeness (QED) is 0.790. The maximum atomic E-state index is 12.7. The molecule has 0 aliphatic carbocycles. The van der Waals surface area contributed by atoms with Gasteiger partial charge in [0.25, 0.3) is 5.60 Å². The monoisotopic (exact) mass is 343 g/mol. The third-order valence-corrected chi connectivity index (χ3v) is 3.16. The molecular formula is C14H15F6NO2. The van der Waals surface area contributed by atoms with Crippen LogP contribution in [0.5, 0.6) is 0 Å². The number of amides is 1. The zero-order chi connectivity index (χ0) is 17.9. The van der Waals surface area contributed by atoms with Gasteiger partial charge in [-0.25, -0.2) is 0 Å². The average Bonchev–Trinajstić information content (AvgIpc) is 2.42. The van der Waals surface area contributed by atoms with Crippen molar-refractivity contribution in [3.8, 4) is 0 Å². The van der Waals surface area contributed by atoms with Crippen molar-refractivity contribution >= 4 is 11.6 Å². The van der Waals surface area contributed by atoms with Gasteiger partial charge in [0.15, 0.2) is 0 Å². The zero-order valence-corrected chi connectivity index (χ0v) is 12.1.